The third-order valence-electron chi connectivity index (χ3n) is 4.84. The molecule has 0 bridgehead atoms. The topological polar surface area (TPSA) is 24.5 Å². The number of fused-ring (bicyclic) bond motifs is 1. The molecule has 0 aromatic heterocycles. The van der Waals surface area contributed by atoms with E-state index >= 15 is 0 Å². The lowest BCUT2D eigenvalue weighted by molar-refractivity contribution is -0.00429. The smallest absolute Gasteiger partial charge is 0.0954 e. The number of hydrogen-bond acceptors (Lipinski definition) is 3. The van der Waals surface area contributed by atoms with Crippen LogP contribution in [0.2, 0.25) is 0 Å². The Morgan fingerprint density at radius 1 is 1.33 bits per heavy atom. The Bertz CT molecular complexity index is 462. The van der Waals surface area contributed by atoms with Crippen molar-refractivity contribution in [2.75, 3.05) is 26.2 Å². The standard InChI is InChI=1S/C18H28N2O/c1-3-6-16-11-19-14(2)12-20(16)13-18-17-8-5-4-7-15(17)9-10-21-18/h4-5,7-8,14,16,18-19H,3,6,9-13H2,1-2H3. The summed E-state index contributed by atoms with van der Waals surface area (Å²) in [6, 6.07) is 10.0. The second kappa shape index (κ2) is 6.91. The van der Waals surface area contributed by atoms with Crippen LogP contribution in [0.15, 0.2) is 24.3 Å². The Hall–Kier alpha value is -0.900. The molecular formula is C18H28N2O. The molecule has 3 heteroatoms. The Balaban J connectivity index is 1.72. The first-order valence-corrected chi connectivity index (χ1v) is 8.44. The van der Waals surface area contributed by atoms with Gasteiger partial charge in [-0.25, -0.2) is 0 Å². The summed E-state index contributed by atoms with van der Waals surface area (Å²) in [5.41, 5.74) is 2.88. The van der Waals surface area contributed by atoms with Crippen LogP contribution in [0, 0.1) is 0 Å². The molecule has 2 aliphatic heterocycles. The van der Waals surface area contributed by atoms with Crippen LogP contribution >= 0.6 is 0 Å². The van der Waals surface area contributed by atoms with Gasteiger partial charge in [-0.05, 0) is 30.9 Å². The lowest BCUT2D eigenvalue weighted by atomic mass is 9.96. The van der Waals surface area contributed by atoms with Crippen LogP contribution < -0.4 is 5.32 Å². The molecule has 3 nitrogen and oxygen atoms in total. The fourth-order valence-electron chi connectivity index (χ4n) is 3.71. The molecule has 116 valence electrons. The quantitative estimate of drug-likeness (QED) is 0.922. The monoisotopic (exact) mass is 288 g/mol. The molecule has 2 aliphatic rings. The Morgan fingerprint density at radius 3 is 3.05 bits per heavy atom. The molecule has 0 aliphatic carbocycles. The zero-order chi connectivity index (χ0) is 14.7. The van der Waals surface area contributed by atoms with Crippen molar-refractivity contribution >= 4 is 0 Å². The van der Waals surface area contributed by atoms with Crippen molar-refractivity contribution in [3.8, 4) is 0 Å². The van der Waals surface area contributed by atoms with Crippen molar-refractivity contribution in [1.29, 1.82) is 0 Å². The maximum absolute atomic E-state index is 6.11. The first-order chi connectivity index (χ1) is 10.3. The van der Waals surface area contributed by atoms with E-state index in [1.165, 1.54) is 24.0 Å². The van der Waals surface area contributed by atoms with Crippen LogP contribution in [0.25, 0.3) is 0 Å². The maximum Gasteiger partial charge on any atom is 0.0954 e. The van der Waals surface area contributed by atoms with Crippen LogP contribution in [-0.2, 0) is 11.2 Å². The highest BCUT2D eigenvalue weighted by atomic mass is 16.5. The Morgan fingerprint density at radius 2 is 2.19 bits per heavy atom. The van der Waals surface area contributed by atoms with E-state index < -0.39 is 0 Å². The Labute approximate surface area is 128 Å². The van der Waals surface area contributed by atoms with Crippen LogP contribution in [-0.4, -0.2) is 43.2 Å². The van der Waals surface area contributed by atoms with Gasteiger partial charge in [-0.3, -0.25) is 4.90 Å². The largest absolute Gasteiger partial charge is 0.372 e. The predicted octanol–water partition coefficient (Wildman–Crippen LogP) is 2.76. The summed E-state index contributed by atoms with van der Waals surface area (Å²) in [6.07, 6.45) is 3.83. The fourth-order valence-corrected chi connectivity index (χ4v) is 3.71. The molecule has 0 amide bonds. The van der Waals surface area contributed by atoms with Crippen LogP contribution in [0.1, 0.15) is 43.9 Å². The molecule has 1 fully saturated rings. The lowest BCUT2D eigenvalue weighted by Crippen LogP contribution is -2.56. The Kier molecular flexibility index (Phi) is 4.94. The number of piperazine rings is 1. The molecule has 1 N–H and O–H groups in total. The van der Waals surface area contributed by atoms with Gasteiger partial charge < -0.3 is 10.1 Å². The zero-order valence-electron chi connectivity index (χ0n) is 13.3. The van der Waals surface area contributed by atoms with Gasteiger partial charge in [0.15, 0.2) is 0 Å². The molecule has 0 radical (unpaired) electrons. The first-order valence-electron chi connectivity index (χ1n) is 8.44. The van der Waals surface area contributed by atoms with Crippen molar-refractivity contribution in [1.82, 2.24) is 10.2 Å². The van der Waals surface area contributed by atoms with Gasteiger partial charge in [-0.15, -0.1) is 0 Å². The van der Waals surface area contributed by atoms with Gasteiger partial charge >= 0.3 is 0 Å². The van der Waals surface area contributed by atoms with Crippen LogP contribution in [0.4, 0.5) is 0 Å². The van der Waals surface area contributed by atoms with E-state index in [0.29, 0.717) is 12.1 Å². The molecular weight excluding hydrogens is 260 g/mol. The number of rotatable bonds is 4. The van der Waals surface area contributed by atoms with E-state index in [2.05, 4.69) is 48.3 Å². The first kappa shape index (κ1) is 15.0. The van der Waals surface area contributed by atoms with Crippen LogP contribution in [0.3, 0.4) is 0 Å². The van der Waals surface area contributed by atoms with Crippen molar-refractivity contribution < 1.29 is 4.74 Å². The molecule has 1 saturated heterocycles. The summed E-state index contributed by atoms with van der Waals surface area (Å²) in [6.45, 7) is 8.71. The summed E-state index contributed by atoms with van der Waals surface area (Å²) in [4.78, 5) is 2.65. The highest BCUT2D eigenvalue weighted by Crippen LogP contribution is 2.29. The van der Waals surface area contributed by atoms with Gasteiger partial charge in [0.2, 0.25) is 0 Å². The molecule has 3 rings (SSSR count). The minimum atomic E-state index is 0.250. The van der Waals surface area contributed by atoms with E-state index in [1.807, 2.05) is 0 Å². The summed E-state index contributed by atoms with van der Waals surface area (Å²) in [7, 11) is 0. The van der Waals surface area contributed by atoms with Crippen LogP contribution in [0.5, 0.6) is 0 Å². The lowest BCUT2D eigenvalue weighted by Gasteiger charge is -2.42. The number of benzene rings is 1. The summed E-state index contributed by atoms with van der Waals surface area (Å²) in [5, 5.41) is 3.62. The molecule has 21 heavy (non-hydrogen) atoms. The molecule has 1 aromatic rings. The number of nitrogens with one attached hydrogen (secondary N) is 1. The average Bonchev–Trinajstić information content (AvgIpc) is 2.50. The number of hydrogen-bond donors (Lipinski definition) is 1. The van der Waals surface area contributed by atoms with Gasteiger partial charge in [0.25, 0.3) is 0 Å². The summed E-state index contributed by atoms with van der Waals surface area (Å²) < 4.78 is 6.11. The fraction of sp³-hybridized carbons (Fsp3) is 0.667. The highest BCUT2D eigenvalue weighted by Gasteiger charge is 2.29. The third-order valence-corrected chi connectivity index (χ3v) is 4.84. The van der Waals surface area contributed by atoms with E-state index in [4.69, 9.17) is 4.74 Å². The average molecular weight is 288 g/mol. The summed E-state index contributed by atoms with van der Waals surface area (Å²) >= 11 is 0. The highest BCUT2D eigenvalue weighted by molar-refractivity contribution is 5.31. The minimum absolute atomic E-state index is 0.250. The second-order valence-electron chi connectivity index (χ2n) is 6.51. The van der Waals surface area contributed by atoms with Crippen molar-refractivity contribution in [2.45, 2.75) is 51.3 Å². The van der Waals surface area contributed by atoms with E-state index in [9.17, 15) is 0 Å². The maximum atomic E-state index is 6.11. The summed E-state index contributed by atoms with van der Waals surface area (Å²) in [5.74, 6) is 0. The molecule has 1 aromatic carbocycles. The molecule has 2 heterocycles. The number of ether oxygens (including phenoxy) is 1. The molecule has 3 unspecified atom stereocenters. The molecule has 3 atom stereocenters. The SMILES string of the molecule is CCCC1CNC(C)CN1CC1OCCc2ccccc21. The van der Waals surface area contributed by atoms with Crippen molar-refractivity contribution in [3.63, 3.8) is 0 Å². The predicted molar refractivity (Wildman–Crippen MR) is 86.6 cm³/mol. The zero-order valence-corrected chi connectivity index (χ0v) is 13.3. The second-order valence-corrected chi connectivity index (χ2v) is 6.51. The van der Waals surface area contributed by atoms with Gasteiger partial charge in [0.1, 0.15) is 0 Å². The molecule has 0 spiro atoms. The number of nitrogens with zero attached hydrogens (tertiary/aromatic N) is 1. The van der Waals surface area contributed by atoms with Crippen molar-refractivity contribution in [2.24, 2.45) is 0 Å². The molecule has 0 saturated carbocycles. The normalized spacial score (nSPS) is 30.1. The van der Waals surface area contributed by atoms with E-state index in [1.54, 1.807) is 0 Å². The van der Waals surface area contributed by atoms with E-state index in [0.717, 1.165) is 32.7 Å². The van der Waals surface area contributed by atoms with Gasteiger partial charge in [-0.1, -0.05) is 37.6 Å². The van der Waals surface area contributed by atoms with E-state index in [-0.39, 0.29) is 6.10 Å². The van der Waals surface area contributed by atoms with Crippen molar-refractivity contribution in [3.05, 3.63) is 35.4 Å². The third kappa shape index (κ3) is 3.47. The van der Waals surface area contributed by atoms with Gasteiger partial charge in [0, 0.05) is 31.7 Å². The van der Waals surface area contributed by atoms with Gasteiger partial charge in [-0.2, -0.15) is 0 Å². The minimum Gasteiger partial charge on any atom is -0.372 e. The van der Waals surface area contributed by atoms with Gasteiger partial charge in [0.05, 0.1) is 12.7 Å².